The molecular formula is C13H26N2O2S. The Morgan fingerprint density at radius 2 is 1.94 bits per heavy atom. The van der Waals surface area contributed by atoms with Crippen LogP contribution in [0.4, 0.5) is 0 Å². The van der Waals surface area contributed by atoms with E-state index in [1.807, 2.05) is 0 Å². The first-order chi connectivity index (χ1) is 8.55. The largest absolute Gasteiger partial charge is 0.310 e. The van der Waals surface area contributed by atoms with Gasteiger partial charge in [0.1, 0.15) is 0 Å². The van der Waals surface area contributed by atoms with Crippen molar-refractivity contribution in [2.45, 2.75) is 44.6 Å². The molecule has 1 aliphatic heterocycles. The molecule has 5 heteroatoms. The minimum Gasteiger partial charge on any atom is -0.310 e. The highest BCUT2D eigenvalue weighted by molar-refractivity contribution is 7.91. The molecule has 18 heavy (non-hydrogen) atoms. The molecule has 1 spiro atoms. The lowest BCUT2D eigenvalue weighted by Gasteiger charge is -2.33. The maximum atomic E-state index is 11.6. The van der Waals surface area contributed by atoms with E-state index in [2.05, 4.69) is 10.2 Å². The quantitative estimate of drug-likeness (QED) is 0.832. The summed E-state index contributed by atoms with van der Waals surface area (Å²) < 4.78 is 23.2. The summed E-state index contributed by atoms with van der Waals surface area (Å²) in [7, 11) is -2.83. The van der Waals surface area contributed by atoms with E-state index in [1.54, 1.807) is 6.92 Å². The first kappa shape index (κ1) is 14.3. The molecule has 1 heterocycles. The second-order valence-corrected chi connectivity index (χ2v) is 8.25. The molecule has 1 N–H and O–H groups in total. The van der Waals surface area contributed by atoms with Crippen molar-refractivity contribution in [3.63, 3.8) is 0 Å². The fourth-order valence-corrected chi connectivity index (χ4v) is 4.03. The second kappa shape index (κ2) is 5.88. The van der Waals surface area contributed by atoms with E-state index in [4.69, 9.17) is 0 Å². The molecule has 4 nitrogen and oxygen atoms in total. The molecule has 1 saturated carbocycles. The Bertz CT molecular complexity index is 361. The van der Waals surface area contributed by atoms with Crippen molar-refractivity contribution in [3.05, 3.63) is 0 Å². The third kappa shape index (κ3) is 3.68. The normalized spacial score (nSPS) is 25.4. The van der Waals surface area contributed by atoms with Gasteiger partial charge in [-0.15, -0.1) is 0 Å². The highest BCUT2D eigenvalue weighted by atomic mass is 32.2. The van der Waals surface area contributed by atoms with Gasteiger partial charge in [-0.05, 0) is 32.4 Å². The Kier molecular flexibility index (Phi) is 4.67. The van der Waals surface area contributed by atoms with Crippen molar-refractivity contribution in [3.8, 4) is 0 Å². The number of nitrogens with one attached hydrogen (secondary N) is 1. The zero-order valence-electron chi connectivity index (χ0n) is 11.5. The van der Waals surface area contributed by atoms with Crippen LogP contribution in [0.2, 0.25) is 0 Å². The maximum Gasteiger partial charge on any atom is 0.151 e. The molecule has 106 valence electrons. The Balaban J connectivity index is 1.91. The molecule has 2 fully saturated rings. The van der Waals surface area contributed by atoms with E-state index in [9.17, 15) is 8.42 Å². The summed E-state index contributed by atoms with van der Waals surface area (Å²) in [5.41, 5.74) is 0.284. The molecule has 0 aromatic rings. The first-order valence-corrected chi connectivity index (χ1v) is 9.05. The Morgan fingerprint density at radius 3 is 2.61 bits per heavy atom. The van der Waals surface area contributed by atoms with Crippen molar-refractivity contribution < 1.29 is 8.42 Å². The van der Waals surface area contributed by atoms with Crippen LogP contribution >= 0.6 is 0 Å². The molecule has 0 unspecified atom stereocenters. The average Bonchev–Trinajstić information content (AvgIpc) is 2.69. The van der Waals surface area contributed by atoms with Gasteiger partial charge in [0, 0.05) is 24.4 Å². The SMILES string of the molecule is CCS(=O)(=O)CCN1CCCNC2(CCCC2)C1. The van der Waals surface area contributed by atoms with Gasteiger partial charge in [0.2, 0.25) is 0 Å². The third-order valence-corrected chi connectivity index (χ3v) is 6.08. The summed E-state index contributed by atoms with van der Waals surface area (Å²) in [6.45, 7) is 5.59. The summed E-state index contributed by atoms with van der Waals surface area (Å²) in [4.78, 5) is 2.36. The van der Waals surface area contributed by atoms with Gasteiger partial charge in [0.15, 0.2) is 9.84 Å². The van der Waals surface area contributed by atoms with Crippen molar-refractivity contribution in [1.29, 1.82) is 0 Å². The van der Waals surface area contributed by atoms with Crippen LogP contribution in [0, 0.1) is 0 Å². The Labute approximate surface area is 111 Å². The van der Waals surface area contributed by atoms with Crippen LogP contribution < -0.4 is 5.32 Å². The lowest BCUT2D eigenvalue weighted by molar-refractivity contribution is 0.219. The van der Waals surface area contributed by atoms with Gasteiger partial charge in [-0.2, -0.15) is 0 Å². The summed E-state index contributed by atoms with van der Waals surface area (Å²) in [6, 6.07) is 0. The standard InChI is InChI=1S/C13H26N2O2S/c1-2-18(16,17)11-10-15-9-5-8-14-13(12-15)6-3-4-7-13/h14H,2-12H2,1H3. The van der Waals surface area contributed by atoms with Crippen molar-refractivity contribution >= 4 is 9.84 Å². The van der Waals surface area contributed by atoms with E-state index in [1.165, 1.54) is 25.7 Å². The van der Waals surface area contributed by atoms with Crippen molar-refractivity contribution in [1.82, 2.24) is 10.2 Å². The van der Waals surface area contributed by atoms with E-state index in [-0.39, 0.29) is 11.3 Å². The fourth-order valence-electron chi connectivity index (χ4n) is 3.21. The molecule has 0 amide bonds. The molecule has 0 radical (unpaired) electrons. The zero-order valence-corrected chi connectivity index (χ0v) is 12.3. The topological polar surface area (TPSA) is 49.4 Å². The van der Waals surface area contributed by atoms with Crippen LogP contribution in [0.15, 0.2) is 0 Å². The van der Waals surface area contributed by atoms with Gasteiger partial charge in [0.05, 0.1) is 5.75 Å². The predicted octanol–water partition coefficient (Wildman–Crippen LogP) is 1.03. The summed E-state index contributed by atoms with van der Waals surface area (Å²) in [5, 5.41) is 3.71. The summed E-state index contributed by atoms with van der Waals surface area (Å²) in [5.74, 6) is 0.587. The van der Waals surface area contributed by atoms with Gasteiger partial charge < -0.3 is 10.2 Å². The van der Waals surface area contributed by atoms with Gasteiger partial charge in [-0.3, -0.25) is 0 Å². The van der Waals surface area contributed by atoms with Crippen molar-refractivity contribution in [2.75, 3.05) is 37.7 Å². The highest BCUT2D eigenvalue weighted by Crippen LogP contribution is 2.31. The monoisotopic (exact) mass is 274 g/mol. The highest BCUT2D eigenvalue weighted by Gasteiger charge is 2.36. The molecule has 0 aromatic carbocycles. The number of rotatable bonds is 4. The smallest absolute Gasteiger partial charge is 0.151 e. The number of nitrogens with zero attached hydrogens (tertiary/aromatic N) is 1. The van der Waals surface area contributed by atoms with Crippen LogP contribution in [-0.4, -0.2) is 56.5 Å². The number of hydrogen-bond acceptors (Lipinski definition) is 4. The number of sulfone groups is 1. The minimum atomic E-state index is -2.83. The fraction of sp³-hybridized carbons (Fsp3) is 1.00. The van der Waals surface area contributed by atoms with E-state index < -0.39 is 9.84 Å². The van der Waals surface area contributed by atoms with E-state index in [0.717, 1.165) is 26.1 Å². The molecule has 0 bridgehead atoms. The van der Waals surface area contributed by atoms with Gasteiger partial charge >= 0.3 is 0 Å². The maximum absolute atomic E-state index is 11.6. The predicted molar refractivity (Wildman–Crippen MR) is 74.6 cm³/mol. The lowest BCUT2D eigenvalue weighted by Crippen LogP contribution is -2.50. The van der Waals surface area contributed by atoms with Crippen LogP contribution in [0.5, 0.6) is 0 Å². The minimum absolute atomic E-state index is 0.268. The van der Waals surface area contributed by atoms with Gasteiger partial charge in [-0.25, -0.2) is 8.42 Å². The van der Waals surface area contributed by atoms with Crippen LogP contribution in [0.25, 0.3) is 0 Å². The zero-order chi connectivity index (χ0) is 13.1. The second-order valence-electron chi connectivity index (χ2n) is 5.78. The Morgan fingerprint density at radius 1 is 1.22 bits per heavy atom. The molecule has 0 atom stereocenters. The molecule has 2 aliphatic rings. The molecule has 0 aromatic heterocycles. The van der Waals surface area contributed by atoms with Gasteiger partial charge in [-0.1, -0.05) is 19.8 Å². The molecule has 2 rings (SSSR count). The van der Waals surface area contributed by atoms with Crippen molar-refractivity contribution in [2.24, 2.45) is 0 Å². The summed E-state index contributed by atoms with van der Waals surface area (Å²) in [6.07, 6.45) is 6.27. The number of hydrogen-bond donors (Lipinski definition) is 1. The van der Waals surface area contributed by atoms with Crippen LogP contribution in [0.1, 0.15) is 39.0 Å². The first-order valence-electron chi connectivity index (χ1n) is 7.23. The van der Waals surface area contributed by atoms with E-state index in [0.29, 0.717) is 12.3 Å². The molecular weight excluding hydrogens is 248 g/mol. The molecule has 1 saturated heterocycles. The third-order valence-electron chi connectivity index (χ3n) is 4.40. The lowest BCUT2D eigenvalue weighted by atomic mass is 9.97. The van der Waals surface area contributed by atoms with Crippen LogP contribution in [-0.2, 0) is 9.84 Å². The van der Waals surface area contributed by atoms with Gasteiger partial charge in [0.25, 0.3) is 0 Å². The van der Waals surface area contributed by atoms with E-state index >= 15 is 0 Å². The molecule has 1 aliphatic carbocycles. The average molecular weight is 274 g/mol. The summed E-state index contributed by atoms with van der Waals surface area (Å²) >= 11 is 0. The Hall–Kier alpha value is -0.130. The van der Waals surface area contributed by atoms with Crippen LogP contribution in [0.3, 0.4) is 0 Å².